The first kappa shape index (κ1) is 9.39. The van der Waals surface area contributed by atoms with Crippen LogP contribution in [0.3, 0.4) is 0 Å². The standard InChI is InChI=1S/C9H11N3OS/c10-12-8(9-2-1-3-13-9)4-7-5-11-6-14-7/h1-3,5-6,8,12H,4,10H2. The molecule has 4 nitrogen and oxygen atoms in total. The zero-order valence-electron chi connectivity index (χ0n) is 7.51. The Morgan fingerprint density at radius 3 is 3.14 bits per heavy atom. The fourth-order valence-corrected chi connectivity index (χ4v) is 1.92. The normalized spacial score (nSPS) is 12.9. The minimum atomic E-state index is 0.0189. The predicted octanol–water partition coefficient (Wildman–Crippen LogP) is 1.48. The number of hydrogen-bond donors (Lipinski definition) is 2. The molecular formula is C9H11N3OS. The van der Waals surface area contributed by atoms with E-state index >= 15 is 0 Å². The zero-order valence-corrected chi connectivity index (χ0v) is 8.33. The van der Waals surface area contributed by atoms with Gasteiger partial charge in [-0.2, -0.15) is 0 Å². The Bertz CT molecular complexity index is 357. The first-order chi connectivity index (χ1) is 6.90. The highest BCUT2D eigenvalue weighted by Gasteiger charge is 2.13. The maximum Gasteiger partial charge on any atom is 0.122 e. The molecule has 5 heteroatoms. The van der Waals surface area contributed by atoms with Gasteiger partial charge in [-0.3, -0.25) is 10.8 Å². The summed E-state index contributed by atoms with van der Waals surface area (Å²) < 4.78 is 5.28. The number of nitrogens with one attached hydrogen (secondary N) is 1. The molecule has 0 amide bonds. The number of hydrazine groups is 1. The molecule has 1 atom stereocenters. The third-order valence-electron chi connectivity index (χ3n) is 1.98. The second-order valence-electron chi connectivity index (χ2n) is 2.91. The smallest absolute Gasteiger partial charge is 0.122 e. The van der Waals surface area contributed by atoms with Crippen LogP contribution in [0.15, 0.2) is 34.5 Å². The lowest BCUT2D eigenvalue weighted by Gasteiger charge is -2.11. The van der Waals surface area contributed by atoms with Crippen molar-refractivity contribution in [2.45, 2.75) is 12.5 Å². The molecule has 2 aromatic rings. The van der Waals surface area contributed by atoms with Crippen molar-refractivity contribution >= 4 is 11.3 Å². The molecule has 3 N–H and O–H groups in total. The van der Waals surface area contributed by atoms with E-state index in [9.17, 15) is 0 Å². The van der Waals surface area contributed by atoms with Gasteiger partial charge in [-0.15, -0.1) is 11.3 Å². The minimum absolute atomic E-state index is 0.0189. The van der Waals surface area contributed by atoms with Gasteiger partial charge in [0.25, 0.3) is 0 Å². The van der Waals surface area contributed by atoms with E-state index in [2.05, 4.69) is 10.4 Å². The van der Waals surface area contributed by atoms with E-state index in [0.29, 0.717) is 0 Å². The molecule has 2 heterocycles. The predicted molar refractivity (Wildman–Crippen MR) is 54.6 cm³/mol. The van der Waals surface area contributed by atoms with Gasteiger partial charge in [0, 0.05) is 17.5 Å². The third-order valence-corrected chi connectivity index (χ3v) is 2.78. The Morgan fingerprint density at radius 1 is 1.64 bits per heavy atom. The highest BCUT2D eigenvalue weighted by Crippen LogP contribution is 2.19. The van der Waals surface area contributed by atoms with E-state index in [1.54, 1.807) is 17.6 Å². The van der Waals surface area contributed by atoms with Crippen molar-refractivity contribution < 1.29 is 4.42 Å². The van der Waals surface area contributed by atoms with Gasteiger partial charge in [-0.1, -0.05) is 0 Å². The van der Waals surface area contributed by atoms with E-state index in [4.69, 9.17) is 10.3 Å². The van der Waals surface area contributed by atoms with Crippen molar-refractivity contribution in [1.82, 2.24) is 10.4 Å². The maximum atomic E-state index is 5.45. The van der Waals surface area contributed by atoms with Crippen molar-refractivity contribution in [3.63, 3.8) is 0 Å². The topological polar surface area (TPSA) is 64.1 Å². The average molecular weight is 209 g/mol. The lowest BCUT2D eigenvalue weighted by Crippen LogP contribution is -2.29. The average Bonchev–Trinajstić information content (AvgIpc) is 2.86. The van der Waals surface area contributed by atoms with E-state index in [1.165, 1.54) is 4.88 Å². The maximum absolute atomic E-state index is 5.45. The highest BCUT2D eigenvalue weighted by molar-refractivity contribution is 7.09. The van der Waals surface area contributed by atoms with Crippen LogP contribution in [-0.4, -0.2) is 4.98 Å². The van der Waals surface area contributed by atoms with Crippen LogP contribution in [0, 0.1) is 0 Å². The number of aromatic nitrogens is 1. The molecule has 2 rings (SSSR count). The van der Waals surface area contributed by atoms with Gasteiger partial charge in [0.2, 0.25) is 0 Å². The molecule has 1 unspecified atom stereocenters. The number of furan rings is 1. The molecule has 0 saturated heterocycles. The van der Waals surface area contributed by atoms with E-state index < -0.39 is 0 Å². The second-order valence-corrected chi connectivity index (χ2v) is 3.88. The molecule has 0 bridgehead atoms. The number of hydrogen-bond acceptors (Lipinski definition) is 5. The molecule has 14 heavy (non-hydrogen) atoms. The Balaban J connectivity index is 2.08. The molecule has 2 aromatic heterocycles. The number of nitrogens with two attached hydrogens (primary N) is 1. The molecule has 0 spiro atoms. The quantitative estimate of drug-likeness (QED) is 0.591. The van der Waals surface area contributed by atoms with Crippen molar-refractivity contribution in [2.75, 3.05) is 0 Å². The first-order valence-corrected chi connectivity index (χ1v) is 5.15. The fraction of sp³-hybridized carbons (Fsp3) is 0.222. The fourth-order valence-electron chi connectivity index (χ4n) is 1.28. The summed E-state index contributed by atoms with van der Waals surface area (Å²) in [4.78, 5) is 5.19. The largest absolute Gasteiger partial charge is 0.468 e. The summed E-state index contributed by atoms with van der Waals surface area (Å²) in [5, 5.41) is 0. The van der Waals surface area contributed by atoms with E-state index in [1.807, 2.05) is 23.8 Å². The van der Waals surface area contributed by atoms with Gasteiger partial charge in [-0.05, 0) is 12.1 Å². The Hall–Kier alpha value is -1.17. The van der Waals surface area contributed by atoms with E-state index in [0.717, 1.165) is 12.2 Å². The summed E-state index contributed by atoms with van der Waals surface area (Å²) in [5.41, 5.74) is 4.54. The molecule has 0 saturated carbocycles. The summed E-state index contributed by atoms with van der Waals surface area (Å²) in [6.07, 6.45) is 4.29. The molecular weight excluding hydrogens is 198 g/mol. The Morgan fingerprint density at radius 2 is 2.57 bits per heavy atom. The Kier molecular flexibility index (Phi) is 2.93. The Labute approximate surface area is 85.7 Å². The van der Waals surface area contributed by atoms with Crippen molar-refractivity contribution in [3.8, 4) is 0 Å². The summed E-state index contributed by atoms with van der Waals surface area (Å²) in [6, 6.07) is 3.78. The number of nitrogens with zero attached hydrogens (tertiary/aromatic N) is 1. The third kappa shape index (κ3) is 2.01. The van der Waals surface area contributed by atoms with E-state index in [-0.39, 0.29) is 6.04 Å². The second kappa shape index (κ2) is 4.36. The minimum Gasteiger partial charge on any atom is -0.468 e. The molecule has 0 fully saturated rings. The van der Waals surface area contributed by atoms with Crippen LogP contribution in [0.25, 0.3) is 0 Å². The van der Waals surface area contributed by atoms with Gasteiger partial charge in [0.05, 0.1) is 17.8 Å². The zero-order chi connectivity index (χ0) is 9.80. The molecule has 0 aliphatic rings. The molecule has 0 radical (unpaired) electrons. The number of thiazole rings is 1. The molecule has 74 valence electrons. The van der Waals surface area contributed by atoms with Crippen LogP contribution in [0.2, 0.25) is 0 Å². The monoisotopic (exact) mass is 209 g/mol. The van der Waals surface area contributed by atoms with Gasteiger partial charge < -0.3 is 4.42 Å². The van der Waals surface area contributed by atoms with Crippen LogP contribution in [0.4, 0.5) is 0 Å². The van der Waals surface area contributed by atoms with Crippen LogP contribution in [0.1, 0.15) is 16.7 Å². The summed E-state index contributed by atoms with van der Waals surface area (Å²) in [6.45, 7) is 0. The van der Waals surface area contributed by atoms with Gasteiger partial charge in [0.15, 0.2) is 0 Å². The lowest BCUT2D eigenvalue weighted by atomic mass is 10.1. The van der Waals surface area contributed by atoms with Gasteiger partial charge in [0.1, 0.15) is 5.76 Å². The SMILES string of the molecule is NNC(Cc1cncs1)c1ccco1. The number of rotatable bonds is 4. The van der Waals surface area contributed by atoms with Crippen LogP contribution in [-0.2, 0) is 6.42 Å². The van der Waals surface area contributed by atoms with Crippen LogP contribution in [0.5, 0.6) is 0 Å². The lowest BCUT2D eigenvalue weighted by molar-refractivity contribution is 0.417. The van der Waals surface area contributed by atoms with Crippen molar-refractivity contribution in [3.05, 3.63) is 40.7 Å². The molecule has 0 aromatic carbocycles. The van der Waals surface area contributed by atoms with Crippen molar-refractivity contribution in [2.24, 2.45) is 5.84 Å². The highest BCUT2D eigenvalue weighted by atomic mass is 32.1. The summed E-state index contributed by atoms with van der Waals surface area (Å²) in [7, 11) is 0. The van der Waals surface area contributed by atoms with Gasteiger partial charge >= 0.3 is 0 Å². The molecule has 0 aliphatic heterocycles. The van der Waals surface area contributed by atoms with Crippen molar-refractivity contribution in [1.29, 1.82) is 0 Å². The van der Waals surface area contributed by atoms with Crippen LogP contribution >= 0.6 is 11.3 Å². The summed E-state index contributed by atoms with van der Waals surface area (Å²) in [5.74, 6) is 6.30. The molecule has 0 aliphatic carbocycles. The summed E-state index contributed by atoms with van der Waals surface area (Å²) >= 11 is 1.62. The first-order valence-electron chi connectivity index (χ1n) is 4.27. The van der Waals surface area contributed by atoms with Gasteiger partial charge in [-0.25, -0.2) is 5.43 Å². The van der Waals surface area contributed by atoms with Crippen LogP contribution < -0.4 is 11.3 Å².